The number of fused-ring (bicyclic) bond motifs is 1. The molecule has 1 saturated heterocycles. The zero-order chi connectivity index (χ0) is 24.6. The van der Waals surface area contributed by atoms with Crippen molar-refractivity contribution in [2.24, 2.45) is 11.8 Å². The predicted molar refractivity (Wildman–Crippen MR) is 121 cm³/mol. The first kappa shape index (κ1) is 23.1. The second-order valence-corrected chi connectivity index (χ2v) is 9.07. The zero-order valence-corrected chi connectivity index (χ0v) is 18.8. The number of anilines is 1. The first-order valence-electron chi connectivity index (χ1n) is 11.4. The van der Waals surface area contributed by atoms with Crippen molar-refractivity contribution in [3.8, 4) is 22.9 Å². The van der Waals surface area contributed by atoms with Gasteiger partial charge in [-0.3, -0.25) is 9.69 Å². The largest absolute Gasteiger partial charge is 0.491 e. The lowest BCUT2D eigenvalue weighted by Crippen LogP contribution is -2.32. The molecule has 0 bridgehead atoms. The topological polar surface area (TPSA) is 95.5 Å². The molecule has 0 radical (unpaired) electrons. The van der Waals surface area contributed by atoms with E-state index in [1.54, 1.807) is 22.8 Å². The van der Waals surface area contributed by atoms with Crippen molar-refractivity contribution < 1.29 is 22.7 Å². The lowest BCUT2D eigenvalue weighted by atomic mass is 10.1. The van der Waals surface area contributed by atoms with E-state index < -0.39 is 12.7 Å². The summed E-state index contributed by atoms with van der Waals surface area (Å²) in [4.78, 5) is 17.5. The SMILES string of the molecule is N#Cc1cc(-c2ccn3nc(NC(=O)C4CC4)cc3c2)c(OC[C@@H]2CCN(CC(F)(F)F)C2)cn1. The average molecular weight is 484 g/mol. The van der Waals surface area contributed by atoms with Crippen LogP contribution in [-0.2, 0) is 4.79 Å². The van der Waals surface area contributed by atoms with Crippen molar-refractivity contribution >= 4 is 17.2 Å². The van der Waals surface area contributed by atoms with Gasteiger partial charge in [-0.1, -0.05) is 0 Å². The number of carbonyl (C=O) groups excluding carboxylic acids is 1. The molecule has 3 aromatic heterocycles. The van der Waals surface area contributed by atoms with E-state index in [1.807, 2.05) is 18.2 Å². The Bertz CT molecular complexity index is 1290. The number of aromatic nitrogens is 3. The van der Waals surface area contributed by atoms with Crippen molar-refractivity contribution in [1.82, 2.24) is 19.5 Å². The van der Waals surface area contributed by atoms with Crippen molar-refractivity contribution in [1.29, 1.82) is 5.26 Å². The Morgan fingerprint density at radius 2 is 2.09 bits per heavy atom. The summed E-state index contributed by atoms with van der Waals surface area (Å²) in [6.07, 6.45) is 1.42. The summed E-state index contributed by atoms with van der Waals surface area (Å²) in [7, 11) is 0. The van der Waals surface area contributed by atoms with E-state index in [0.717, 1.165) is 23.9 Å². The number of amides is 1. The van der Waals surface area contributed by atoms with E-state index in [4.69, 9.17) is 4.74 Å². The van der Waals surface area contributed by atoms with Crippen LogP contribution in [0.5, 0.6) is 5.75 Å². The number of rotatable bonds is 7. The number of pyridine rings is 2. The number of carbonyl (C=O) groups is 1. The van der Waals surface area contributed by atoms with Crippen LogP contribution in [0.25, 0.3) is 16.6 Å². The van der Waals surface area contributed by atoms with Crippen LogP contribution in [0.15, 0.2) is 36.7 Å². The lowest BCUT2D eigenvalue weighted by molar-refractivity contribution is -0.143. The third-order valence-electron chi connectivity index (χ3n) is 6.20. The molecule has 1 N–H and O–H groups in total. The fourth-order valence-electron chi connectivity index (χ4n) is 4.30. The molecule has 182 valence electrons. The van der Waals surface area contributed by atoms with Gasteiger partial charge in [0.15, 0.2) is 5.82 Å². The number of nitrogens with zero attached hydrogens (tertiary/aromatic N) is 5. The summed E-state index contributed by atoms with van der Waals surface area (Å²) in [5.41, 5.74) is 2.37. The molecular weight excluding hydrogens is 461 g/mol. The van der Waals surface area contributed by atoms with Gasteiger partial charge < -0.3 is 10.1 Å². The lowest BCUT2D eigenvalue weighted by Gasteiger charge is -2.18. The van der Waals surface area contributed by atoms with E-state index in [0.29, 0.717) is 36.6 Å². The van der Waals surface area contributed by atoms with E-state index >= 15 is 0 Å². The Morgan fingerprint density at radius 3 is 2.83 bits per heavy atom. The van der Waals surface area contributed by atoms with Crippen LogP contribution < -0.4 is 10.1 Å². The summed E-state index contributed by atoms with van der Waals surface area (Å²) in [5, 5.41) is 16.5. The van der Waals surface area contributed by atoms with Gasteiger partial charge in [0.25, 0.3) is 0 Å². The van der Waals surface area contributed by atoms with Gasteiger partial charge in [-0.15, -0.1) is 0 Å². The number of hydrogen-bond acceptors (Lipinski definition) is 6. The molecular formula is C24H23F3N6O2. The summed E-state index contributed by atoms with van der Waals surface area (Å²) in [5.74, 6) is 0.919. The van der Waals surface area contributed by atoms with Crippen LogP contribution in [0.4, 0.5) is 19.0 Å². The van der Waals surface area contributed by atoms with Crippen LogP contribution >= 0.6 is 0 Å². The number of hydrogen-bond donors (Lipinski definition) is 1. The maximum Gasteiger partial charge on any atom is 0.401 e. The maximum absolute atomic E-state index is 12.7. The van der Waals surface area contributed by atoms with Crippen LogP contribution in [0.2, 0.25) is 0 Å². The molecule has 1 aliphatic heterocycles. The van der Waals surface area contributed by atoms with Gasteiger partial charge in [-0.25, -0.2) is 9.50 Å². The highest BCUT2D eigenvalue weighted by atomic mass is 19.4. The Morgan fingerprint density at radius 1 is 1.26 bits per heavy atom. The normalized spacial score (nSPS) is 18.5. The second kappa shape index (κ2) is 9.19. The van der Waals surface area contributed by atoms with Gasteiger partial charge in [-0.2, -0.15) is 23.5 Å². The van der Waals surface area contributed by atoms with Gasteiger partial charge in [0.2, 0.25) is 5.91 Å². The Labute approximate surface area is 199 Å². The minimum Gasteiger partial charge on any atom is -0.491 e. The molecule has 0 aromatic carbocycles. The highest BCUT2D eigenvalue weighted by Crippen LogP contribution is 2.33. The highest BCUT2D eigenvalue weighted by molar-refractivity contribution is 5.93. The van der Waals surface area contributed by atoms with Gasteiger partial charge >= 0.3 is 6.18 Å². The molecule has 11 heteroatoms. The summed E-state index contributed by atoms with van der Waals surface area (Å²) >= 11 is 0. The molecule has 1 saturated carbocycles. The van der Waals surface area contributed by atoms with E-state index in [-0.39, 0.29) is 30.0 Å². The van der Waals surface area contributed by atoms with Gasteiger partial charge in [0.1, 0.15) is 17.5 Å². The van der Waals surface area contributed by atoms with Crippen molar-refractivity contribution in [3.63, 3.8) is 0 Å². The second-order valence-electron chi connectivity index (χ2n) is 9.07. The highest BCUT2D eigenvalue weighted by Gasteiger charge is 2.34. The molecule has 1 atom stereocenters. The fourth-order valence-corrected chi connectivity index (χ4v) is 4.30. The summed E-state index contributed by atoms with van der Waals surface area (Å²) in [6, 6.07) is 9.10. The molecule has 8 nitrogen and oxygen atoms in total. The molecule has 3 aromatic rings. The van der Waals surface area contributed by atoms with Crippen LogP contribution in [0.1, 0.15) is 25.0 Å². The standard InChI is InChI=1S/C24H23F3N6O2/c25-24(26,27)14-32-5-3-15(12-32)13-35-21-11-29-18(10-28)8-20(21)17-4-6-33-19(7-17)9-22(31-33)30-23(34)16-1-2-16/h4,6-9,11,15-16H,1-3,5,12-14H2,(H,30,31,34)/t15-/m1/s1. The maximum atomic E-state index is 12.7. The monoisotopic (exact) mass is 484 g/mol. The van der Waals surface area contributed by atoms with Crippen LogP contribution in [-0.4, -0.2) is 57.8 Å². The third kappa shape index (κ3) is 5.54. The fraction of sp³-hybridized carbons (Fsp3) is 0.417. The molecule has 2 aliphatic rings. The first-order valence-corrected chi connectivity index (χ1v) is 11.4. The van der Waals surface area contributed by atoms with Crippen molar-refractivity contribution in [2.75, 3.05) is 31.6 Å². The number of nitrogens with one attached hydrogen (secondary N) is 1. The molecule has 5 rings (SSSR count). The third-order valence-corrected chi connectivity index (χ3v) is 6.20. The Hall–Kier alpha value is -3.65. The molecule has 2 fully saturated rings. The van der Waals surface area contributed by atoms with Crippen LogP contribution in [0.3, 0.4) is 0 Å². The summed E-state index contributed by atoms with van der Waals surface area (Å²) in [6.45, 7) is 0.0298. The minimum atomic E-state index is -4.22. The van der Waals surface area contributed by atoms with Crippen molar-refractivity contribution in [2.45, 2.75) is 25.4 Å². The van der Waals surface area contributed by atoms with Crippen LogP contribution in [0, 0.1) is 23.2 Å². The van der Waals surface area contributed by atoms with E-state index in [1.165, 1.54) is 11.1 Å². The van der Waals surface area contributed by atoms with E-state index in [2.05, 4.69) is 15.4 Å². The number of alkyl halides is 3. The molecule has 0 unspecified atom stereocenters. The average Bonchev–Trinajstić information content (AvgIpc) is 3.46. The number of halogens is 3. The molecule has 0 spiro atoms. The van der Waals surface area contributed by atoms with Gasteiger partial charge in [-0.05, 0) is 49.6 Å². The summed E-state index contributed by atoms with van der Waals surface area (Å²) < 4.78 is 45.7. The number of likely N-dealkylation sites (tertiary alicyclic amines) is 1. The Kier molecular flexibility index (Phi) is 6.06. The minimum absolute atomic E-state index is 0.0298. The van der Waals surface area contributed by atoms with Crippen molar-refractivity contribution in [3.05, 3.63) is 42.4 Å². The number of nitriles is 1. The quantitative estimate of drug-likeness (QED) is 0.547. The predicted octanol–water partition coefficient (Wildman–Crippen LogP) is 3.88. The van der Waals surface area contributed by atoms with E-state index in [9.17, 15) is 23.2 Å². The van der Waals surface area contributed by atoms with Gasteiger partial charge in [0.05, 0.1) is 24.9 Å². The van der Waals surface area contributed by atoms with Gasteiger partial charge in [0, 0.05) is 36.2 Å². The molecule has 1 amide bonds. The molecule has 35 heavy (non-hydrogen) atoms. The molecule has 4 heterocycles. The molecule has 1 aliphatic carbocycles. The Balaban J connectivity index is 1.33. The smallest absolute Gasteiger partial charge is 0.401 e. The zero-order valence-electron chi connectivity index (χ0n) is 18.8. The first-order chi connectivity index (χ1) is 16.8. The number of ether oxygens (including phenoxy) is 1.